The number of rotatable bonds is 8. The number of carbonyl (C=O) groups excluding carboxylic acids is 2. The van der Waals surface area contributed by atoms with Gasteiger partial charge in [-0.05, 0) is 36.6 Å². The number of benzene rings is 2. The monoisotopic (exact) mass is 435 g/mol. The first-order valence-electron chi connectivity index (χ1n) is 9.42. The Labute approximate surface area is 179 Å². The van der Waals surface area contributed by atoms with E-state index in [1.807, 2.05) is 0 Å². The van der Waals surface area contributed by atoms with Crippen molar-refractivity contribution >= 4 is 29.1 Å². The molecule has 0 spiro atoms. The van der Waals surface area contributed by atoms with Crippen LogP contribution in [0.3, 0.4) is 0 Å². The minimum atomic E-state index is -0.850. The molecule has 2 rings (SSSR count). The van der Waals surface area contributed by atoms with Gasteiger partial charge in [0.2, 0.25) is 5.91 Å². The van der Waals surface area contributed by atoms with Crippen molar-refractivity contribution in [3.63, 3.8) is 0 Å². The first kappa shape index (κ1) is 23.3. The zero-order chi connectivity index (χ0) is 22.4. The van der Waals surface area contributed by atoms with E-state index in [0.29, 0.717) is 12.1 Å². The highest BCUT2D eigenvalue weighted by Crippen LogP contribution is 2.23. The molecule has 0 heterocycles. The second-order valence-corrected chi connectivity index (χ2v) is 7.51. The standard InChI is InChI=1S/C21H23ClFN3O4/c1-4-25(12-14-6-5-7-15(23)10-14)21(28)19(13(2)3)24-20(27)17-9-8-16(26(29)30)11-18(17)22/h5-11,13,19H,4,12H2,1-3H3,(H,24,27)/t19-/m0/s1. The van der Waals surface area contributed by atoms with Gasteiger partial charge < -0.3 is 10.2 Å². The summed E-state index contributed by atoms with van der Waals surface area (Å²) >= 11 is 6.03. The van der Waals surface area contributed by atoms with Crippen LogP contribution < -0.4 is 5.32 Å². The van der Waals surface area contributed by atoms with Crippen LogP contribution in [0.2, 0.25) is 5.02 Å². The summed E-state index contributed by atoms with van der Waals surface area (Å²) < 4.78 is 13.5. The van der Waals surface area contributed by atoms with Crippen LogP contribution in [0.5, 0.6) is 0 Å². The summed E-state index contributed by atoms with van der Waals surface area (Å²) in [4.78, 5) is 37.5. The third-order valence-electron chi connectivity index (χ3n) is 4.58. The lowest BCUT2D eigenvalue weighted by atomic mass is 10.0. The molecule has 0 fully saturated rings. The molecule has 160 valence electrons. The number of nitrogens with zero attached hydrogens (tertiary/aromatic N) is 2. The predicted molar refractivity (Wildman–Crippen MR) is 112 cm³/mol. The Bertz CT molecular complexity index is 952. The predicted octanol–water partition coefficient (Wildman–Crippen LogP) is 4.19. The third kappa shape index (κ3) is 5.76. The topological polar surface area (TPSA) is 92.6 Å². The SMILES string of the molecule is CCN(Cc1cccc(F)c1)C(=O)[C@@H](NC(=O)c1ccc([N+](=O)[O-])cc1Cl)C(C)C. The number of nitro groups is 1. The molecule has 0 saturated carbocycles. The maximum Gasteiger partial charge on any atom is 0.270 e. The number of halogens is 2. The number of likely N-dealkylation sites (N-methyl/N-ethyl adjacent to an activating group) is 1. The highest BCUT2D eigenvalue weighted by atomic mass is 35.5. The molecule has 0 saturated heterocycles. The summed E-state index contributed by atoms with van der Waals surface area (Å²) in [5, 5.41) is 13.4. The number of amides is 2. The van der Waals surface area contributed by atoms with Gasteiger partial charge in [0.1, 0.15) is 11.9 Å². The van der Waals surface area contributed by atoms with Gasteiger partial charge in [-0.2, -0.15) is 0 Å². The molecule has 30 heavy (non-hydrogen) atoms. The van der Waals surface area contributed by atoms with Gasteiger partial charge in [0.05, 0.1) is 15.5 Å². The van der Waals surface area contributed by atoms with Gasteiger partial charge in [-0.15, -0.1) is 0 Å². The Morgan fingerprint density at radius 3 is 2.47 bits per heavy atom. The Morgan fingerprint density at radius 1 is 1.23 bits per heavy atom. The van der Waals surface area contributed by atoms with Crippen molar-refractivity contribution in [3.05, 3.63) is 74.5 Å². The summed E-state index contributed by atoms with van der Waals surface area (Å²) in [6, 6.07) is 8.64. The molecule has 7 nitrogen and oxygen atoms in total. The number of hydrogen-bond donors (Lipinski definition) is 1. The molecule has 1 atom stereocenters. The van der Waals surface area contributed by atoms with Crippen LogP contribution in [0, 0.1) is 21.8 Å². The van der Waals surface area contributed by atoms with Crippen molar-refractivity contribution in [2.75, 3.05) is 6.54 Å². The lowest BCUT2D eigenvalue weighted by Gasteiger charge is -2.29. The molecule has 1 N–H and O–H groups in total. The summed E-state index contributed by atoms with van der Waals surface area (Å²) in [5.74, 6) is -1.55. The van der Waals surface area contributed by atoms with Crippen molar-refractivity contribution in [1.82, 2.24) is 10.2 Å². The van der Waals surface area contributed by atoms with Gasteiger partial charge in [0, 0.05) is 25.2 Å². The fraction of sp³-hybridized carbons (Fsp3) is 0.333. The summed E-state index contributed by atoms with van der Waals surface area (Å²) in [6.45, 7) is 5.94. The van der Waals surface area contributed by atoms with Gasteiger partial charge in [0.15, 0.2) is 0 Å². The van der Waals surface area contributed by atoms with Crippen LogP contribution >= 0.6 is 11.6 Å². The molecular weight excluding hydrogens is 413 g/mol. The lowest BCUT2D eigenvalue weighted by Crippen LogP contribution is -2.51. The molecule has 0 bridgehead atoms. The van der Waals surface area contributed by atoms with Crippen molar-refractivity contribution in [2.45, 2.75) is 33.4 Å². The molecule has 2 aromatic rings. The van der Waals surface area contributed by atoms with Crippen molar-refractivity contribution < 1.29 is 18.9 Å². The van der Waals surface area contributed by atoms with Crippen molar-refractivity contribution in [1.29, 1.82) is 0 Å². The highest BCUT2D eigenvalue weighted by Gasteiger charge is 2.29. The molecule has 0 aliphatic carbocycles. The van der Waals surface area contributed by atoms with Crippen molar-refractivity contribution in [3.8, 4) is 0 Å². The Kier molecular flexibility index (Phi) is 7.88. The molecule has 0 radical (unpaired) electrons. The molecule has 2 aromatic carbocycles. The summed E-state index contributed by atoms with van der Waals surface area (Å²) in [7, 11) is 0. The fourth-order valence-corrected chi connectivity index (χ4v) is 3.19. The van der Waals surface area contributed by atoms with Crippen LogP contribution in [0.1, 0.15) is 36.7 Å². The number of carbonyl (C=O) groups is 2. The maximum atomic E-state index is 13.5. The normalized spacial score (nSPS) is 11.8. The first-order chi connectivity index (χ1) is 14.1. The van der Waals surface area contributed by atoms with E-state index >= 15 is 0 Å². The minimum Gasteiger partial charge on any atom is -0.340 e. The molecule has 0 unspecified atom stereocenters. The molecular formula is C21H23ClFN3O4. The van der Waals surface area contributed by atoms with Gasteiger partial charge in [-0.1, -0.05) is 37.6 Å². The molecule has 2 amide bonds. The molecule has 9 heteroatoms. The van der Waals surface area contributed by atoms with E-state index in [4.69, 9.17) is 11.6 Å². The van der Waals surface area contributed by atoms with E-state index in [0.717, 1.165) is 6.07 Å². The van der Waals surface area contributed by atoms with Crippen LogP contribution in [0.15, 0.2) is 42.5 Å². The highest BCUT2D eigenvalue weighted by molar-refractivity contribution is 6.34. The van der Waals surface area contributed by atoms with E-state index in [-0.39, 0.29) is 34.6 Å². The van der Waals surface area contributed by atoms with Crippen LogP contribution in [0.25, 0.3) is 0 Å². The minimum absolute atomic E-state index is 0.0360. The Morgan fingerprint density at radius 2 is 1.93 bits per heavy atom. The number of nitro benzene ring substituents is 1. The largest absolute Gasteiger partial charge is 0.340 e. The van der Waals surface area contributed by atoms with Crippen molar-refractivity contribution in [2.24, 2.45) is 5.92 Å². The van der Waals surface area contributed by atoms with Gasteiger partial charge in [-0.25, -0.2) is 4.39 Å². The first-order valence-corrected chi connectivity index (χ1v) is 9.79. The van der Waals surface area contributed by atoms with E-state index in [1.54, 1.807) is 32.9 Å². The molecule has 0 aliphatic rings. The zero-order valence-corrected chi connectivity index (χ0v) is 17.6. The second-order valence-electron chi connectivity index (χ2n) is 7.10. The van der Waals surface area contributed by atoms with Crippen LogP contribution in [0.4, 0.5) is 10.1 Å². The van der Waals surface area contributed by atoms with Gasteiger partial charge >= 0.3 is 0 Å². The second kappa shape index (κ2) is 10.2. The van der Waals surface area contributed by atoms with E-state index in [1.165, 1.54) is 29.2 Å². The average molecular weight is 436 g/mol. The van der Waals surface area contributed by atoms with Crippen LogP contribution in [-0.4, -0.2) is 34.2 Å². The van der Waals surface area contributed by atoms with E-state index in [2.05, 4.69) is 5.32 Å². The summed E-state index contributed by atoms with van der Waals surface area (Å²) in [5.41, 5.74) is 0.437. The average Bonchev–Trinajstić information content (AvgIpc) is 2.69. The van der Waals surface area contributed by atoms with Gasteiger partial charge in [0.25, 0.3) is 11.6 Å². The quantitative estimate of drug-likeness (QED) is 0.497. The fourth-order valence-electron chi connectivity index (χ4n) is 2.93. The number of hydrogen-bond acceptors (Lipinski definition) is 4. The molecule has 0 aromatic heterocycles. The maximum absolute atomic E-state index is 13.5. The number of nitrogens with one attached hydrogen (secondary N) is 1. The zero-order valence-electron chi connectivity index (χ0n) is 16.9. The third-order valence-corrected chi connectivity index (χ3v) is 4.90. The van der Waals surface area contributed by atoms with Crippen LogP contribution in [-0.2, 0) is 11.3 Å². The number of non-ortho nitro benzene ring substituents is 1. The van der Waals surface area contributed by atoms with E-state index in [9.17, 15) is 24.1 Å². The lowest BCUT2D eigenvalue weighted by molar-refractivity contribution is -0.384. The Balaban J connectivity index is 2.20. The summed E-state index contributed by atoms with van der Waals surface area (Å²) in [6.07, 6.45) is 0. The van der Waals surface area contributed by atoms with Gasteiger partial charge in [-0.3, -0.25) is 19.7 Å². The van der Waals surface area contributed by atoms with E-state index < -0.39 is 22.7 Å². The molecule has 0 aliphatic heterocycles. The smallest absolute Gasteiger partial charge is 0.270 e. The Hall–Kier alpha value is -3.00.